The average molecular weight is 421 g/mol. The van der Waals surface area contributed by atoms with Crippen molar-refractivity contribution in [3.8, 4) is 5.88 Å². The highest BCUT2D eigenvalue weighted by molar-refractivity contribution is 5.46. The van der Waals surface area contributed by atoms with Crippen LogP contribution in [-0.2, 0) is 4.74 Å². The largest absolute Gasteiger partial charge is 0.472 e. The van der Waals surface area contributed by atoms with Gasteiger partial charge in [-0.2, -0.15) is 0 Å². The molecule has 0 amide bonds. The van der Waals surface area contributed by atoms with Gasteiger partial charge in [0.25, 0.3) is 0 Å². The maximum Gasteiger partial charge on any atom is 0.213 e. The zero-order valence-electron chi connectivity index (χ0n) is 20.5. The lowest BCUT2D eigenvalue weighted by atomic mass is 9.90. The summed E-state index contributed by atoms with van der Waals surface area (Å²) in [5.41, 5.74) is 6.20. The van der Waals surface area contributed by atoms with Crippen LogP contribution in [0.2, 0.25) is 0 Å². The second-order valence-corrected chi connectivity index (χ2v) is 10.8. The Balaban J connectivity index is 1.84. The van der Waals surface area contributed by atoms with Crippen molar-refractivity contribution in [1.82, 2.24) is 9.88 Å². The number of ether oxygens (including phenoxy) is 2. The molecule has 2 N–H and O–H groups in total. The molecule has 1 aliphatic rings. The second-order valence-electron chi connectivity index (χ2n) is 10.8. The van der Waals surface area contributed by atoms with Gasteiger partial charge in [0.1, 0.15) is 11.3 Å². The van der Waals surface area contributed by atoms with Gasteiger partial charge in [-0.05, 0) is 66.9 Å². The van der Waals surface area contributed by atoms with Gasteiger partial charge in [-0.3, -0.25) is 4.90 Å². The Bertz CT molecular complexity index is 639. The van der Waals surface area contributed by atoms with E-state index in [1.807, 2.05) is 46.9 Å². The number of anilines is 1. The van der Waals surface area contributed by atoms with E-state index in [9.17, 15) is 0 Å². The molecule has 0 aliphatic carbocycles. The number of pyridine rings is 1. The predicted octanol–water partition coefficient (Wildman–Crippen LogP) is 4.29. The van der Waals surface area contributed by atoms with E-state index >= 15 is 0 Å². The smallest absolute Gasteiger partial charge is 0.213 e. The van der Waals surface area contributed by atoms with Gasteiger partial charge in [0.15, 0.2) is 0 Å². The molecule has 1 atom stereocenters. The standard InChI is InChI=1S/C24H44N4O2/c1-9-19(16-23(5,6)30-24(7,8)25)18-27-12-14-28(15-13-27)20-10-11-21(26-17-20)29-22(2,3)4/h10-11,17,19H,9,12-16,18,25H2,1-8H3. The highest BCUT2D eigenvalue weighted by atomic mass is 16.5. The minimum atomic E-state index is -0.602. The van der Waals surface area contributed by atoms with Crippen molar-refractivity contribution in [3.05, 3.63) is 18.3 Å². The zero-order valence-corrected chi connectivity index (χ0v) is 20.5. The molecule has 1 aromatic rings. The molecule has 0 bridgehead atoms. The lowest BCUT2D eigenvalue weighted by Crippen LogP contribution is -2.49. The topological polar surface area (TPSA) is 63.8 Å². The van der Waals surface area contributed by atoms with E-state index in [1.54, 1.807) is 0 Å². The van der Waals surface area contributed by atoms with Crippen LogP contribution in [0.5, 0.6) is 5.88 Å². The summed E-state index contributed by atoms with van der Waals surface area (Å²) in [7, 11) is 0. The van der Waals surface area contributed by atoms with Crippen molar-refractivity contribution in [2.24, 2.45) is 11.7 Å². The maximum absolute atomic E-state index is 6.10. The van der Waals surface area contributed by atoms with Gasteiger partial charge in [0.2, 0.25) is 5.88 Å². The first kappa shape index (κ1) is 24.9. The summed E-state index contributed by atoms with van der Waals surface area (Å²) in [6, 6.07) is 4.09. The van der Waals surface area contributed by atoms with Crippen LogP contribution in [0.15, 0.2) is 18.3 Å². The summed E-state index contributed by atoms with van der Waals surface area (Å²) < 4.78 is 11.9. The summed E-state index contributed by atoms with van der Waals surface area (Å²) >= 11 is 0. The number of hydrogen-bond acceptors (Lipinski definition) is 6. The summed E-state index contributed by atoms with van der Waals surface area (Å²) in [5.74, 6) is 1.28. The molecule has 1 fully saturated rings. The molecular weight excluding hydrogens is 376 g/mol. The highest BCUT2D eigenvalue weighted by Gasteiger charge is 2.30. The van der Waals surface area contributed by atoms with E-state index in [4.69, 9.17) is 15.2 Å². The Labute approximate surface area is 184 Å². The van der Waals surface area contributed by atoms with Crippen LogP contribution in [0.1, 0.15) is 68.2 Å². The van der Waals surface area contributed by atoms with E-state index in [0.29, 0.717) is 11.8 Å². The molecule has 30 heavy (non-hydrogen) atoms. The van der Waals surface area contributed by atoms with Gasteiger partial charge >= 0.3 is 0 Å². The minimum Gasteiger partial charge on any atom is -0.472 e. The van der Waals surface area contributed by atoms with Crippen LogP contribution < -0.4 is 15.4 Å². The second kappa shape index (κ2) is 9.84. The molecule has 172 valence electrons. The Morgan fingerprint density at radius 3 is 2.13 bits per heavy atom. The lowest BCUT2D eigenvalue weighted by molar-refractivity contribution is -0.129. The first-order chi connectivity index (χ1) is 13.8. The number of rotatable bonds is 9. The molecule has 0 radical (unpaired) electrons. The normalized spacial score (nSPS) is 17.8. The summed E-state index contributed by atoms with van der Waals surface area (Å²) in [6.45, 7) is 21.8. The number of piperazine rings is 1. The van der Waals surface area contributed by atoms with Gasteiger partial charge in [0, 0.05) is 38.8 Å². The molecule has 0 spiro atoms. The minimum absolute atomic E-state index is 0.219. The third kappa shape index (κ3) is 8.78. The Kier molecular flexibility index (Phi) is 8.16. The molecular formula is C24H44N4O2. The molecule has 0 aromatic carbocycles. The number of aromatic nitrogens is 1. The molecule has 0 saturated carbocycles. The molecule has 1 aliphatic heterocycles. The molecule has 1 aromatic heterocycles. The molecule has 6 nitrogen and oxygen atoms in total. The number of nitrogens with two attached hydrogens (primary N) is 1. The first-order valence-electron chi connectivity index (χ1n) is 11.4. The van der Waals surface area contributed by atoms with Crippen LogP contribution >= 0.6 is 0 Å². The van der Waals surface area contributed by atoms with Crippen molar-refractivity contribution in [3.63, 3.8) is 0 Å². The van der Waals surface area contributed by atoms with Crippen molar-refractivity contribution in [1.29, 1.82) is 0 Å². The third-order valence-corrected chi connectivity index (χ3v) is 5.28. The van der Waals surface area contributed by atoms with Gasteiger partial charge in [-0.25, -0.2) is 4.98 Å². The molecule has 1 unspecified atom stereocenters. The lowest BCUT2D eigenvalue weighted by Gasteiger charge is -2.40. The summed E-state index contributed by atoms with van der Waals surface area (Å²) in [5, 5.41) is 0. The van der Waals surface area contributed by atoms with Gasteiger partial charge in [-0.1, -0.05) is 13.3 Å². The first-order valence-corrected chi connectivity index (χ1v) is 11.4. The molecule has 2 rings (SSSR count). The van der Waals surface area contributed by atoms with Gasteiger partial charge in [0.05, 0.1) is 17.5 Å². The Hall–Kier alpha value is -1.37. The predicted molar refractivity (Wildman–Crippen MR) is 125 cm³/mol. The van der Waals surface area contributed by atoms with E-state index in [2.05, 4.69) is 41.6 Å². The fraction of sp³-hybridized carbons (Fsp3) is 0.792. The van der Waals surface area contributed by atoms with Crippen molar-refractivity contribution in [2.75, 3.05) is 37.6 Å². The van der Waals surface area contributed by atoms with Crippen LogP contribution in [-0.4, -0.2) is 59.5 Å². The van der Waals surface area contributed by atoms with E-state index in [0.717, 1.165) is 45.6 Å². The fourth-order valence-electron chi connectivity index (χ4n) is 4.27. The SMILES string of the molecule is CCC(CN1CCN(c2ccc(OC(C)(C)C)nc2)CC1)CC(C)(C)OC(C)(C)N. The van der Waals surface area contributed by atoms with Crippen LogP contribution in [0, 0.1) is 5.92 Å². The molecule has 1 saturated heterocycles. The Morgan fingerprint density at radius 1 is 1.03 bits per heavy atom. The summed E-state index contributed by atoms with van der Waals surface area (Å²) in [6.07, 6.45) is 4.10. The highest BCUT2D eigenvalue weighted by Crippen LogP contribution is 2.27. The van der Waals surface area contributed by atoms with Crippen molar-refractivity contribution < 1.29 is 9.47 Å². The van der Waals surface area contributed by atoms with Crippen molar-refractivity contribution in [2.45, 2.75) is 85.2 Å². The van der Waals surface area contributed by atoms with E-state index in [1.165, 1.54) is 5.69 Å². The van der Waals surface area contributed by atoms with Crippen LogP contribution in [0.3, 0.4) is 0 Å². The number of nitrogens with zero attached hydrogens (tertiary/aromatic N) is 3. The number of hydrogen-bond donors (Lipinski definition) is 1. The summed E-state index contributed by atoms with van der Waals surface area (Å²) in [4.78, 5) is 9.48. The quantitative estimate of drug-likeness (QED) is 0.601. The van der Waals surface area contributed by atoms with Gasteiger partial charge in [-0.15, -0.1) is 0 Å². The maximum atomic E-state index is 6.10. The van der Waals surface area contributed by atoms with Crippen LogP contribution in [0.25, 0.3) is 0 Å². The monoisotopic (exact) mass is 420 g/mol. The third-order valence-electron chi connectivity index (χ3n) is 5.28. The Morgan fingerprint density at radius 2 is 1.67 bits per heavy atom. The van der Waals surface area contributed by atoms with E-state index < -0.39 is 5.72 Å². The average Bonchev–Trinajstić information content (AvgIpc) is 2.59. The van der Waals surface area contributed by atoms with E-state index in [-0.39, 0.29) is 11.2 Å². The van der Waals surface area contributed by atoms with Gasteiger partial charge < -0.3 is 20.1 Å². The fourth-order valence-corrected chi connectivity index (χ4v) is 4.27. The zero-order chi connectivity index (χ0) is 22.6. The molecule has 2 heterocycles. The van der Waals surface area contributed by atoms with Crippen molar-refractivity contribution >= 4 is 5.69 Å². The van der Waals surface area contributed by atoms with Crippen LogP contribution in [0.4, 0.5) is 5.69 Å². The molecule has 6 heteroatoms.